The van der Waals surface area contributed by atoms with E-state index in [2.05, 4.69) is 53.4 Å². The molecule has 1 atom stereocenters. The first-order valence-electron chi connectivity index (χ1n) is 9.15. The van der Waals surface area contributed by atoms with Gasteiger partial charge in [-0.2, -0.15) is 0 Å². The van der Waals surface area contributed by atoms with Crippen LogP contribution in [-0.4, -0.2) is 20.6 Å². The molecule has 0 bridgehead atoms. The fourth-order valence-electron chi connectivity index (χ4n) is 3.93. The number of hydrogen-bond donors (Lipinski definition) is 0. The Morgan fingerprint density at radius 2 is 1.63 bits per heavy atom. The van der Waals surface area contributed by atoms with E-state index in [1.54, 1.807) is 17.7 Å². The minimum absolute atomic E-state index is 0.259. The molecule has 3 aromatic rings. The van der Waals surface area contributed by atoms with Crippen LogP contribution in [-0.2, 0) is 27.2 Å². The molecule has 1 aromatic heterocycles. The second kappa shape index (κ2) is 7.00. The summed E-state index contributed by atoms with van der Waals surface area (Å²) >= 11 is 0. The van der Waals surface area contributed by atoms with Crippen LogP contribution in [0.15, 0.2) is 70.3 Å². The highest BCUT2D eigenvalue weighted by atomic mass is 16.2. The standard InChI is InChI=1S/C22H23N3O2/c1-23-18(12-21(26)24(2)22(23)27)14-25-13-17-10-6-7-11-19(17)20(15-25)16-8-4-3-5-9-16/h3-12,20H,13-15H2,1-2H3. The van der Waals surface area contributed by atoms with E-state index >= 15 is 0 Å². The highest BCUT2D eigenvalue weighted by molar-refractivity contribution is 5.40. The summed E-state index contributed by atoms with van der Waals surface area (Å²) < 4.78 is 2.71. The third kappa shape index (κ3) is 3.26. The topological polar surface area (TPSA) is 47.2 Å². The quantitative estimate of drug-likeness (QED) is 0.719. The largest absolute Gasteiger partial charge is 0.330 e. The van der Waals surface area contributed by atoms with Crippen LogP contribution in [0.2, 0.25) is 0 Å². The molecule has 0 N–H and O–H groups in total. The van der Waals surface area contributed by atoms with Crippen LogP contribution in [0, 0.1) is 0 Å². The zero-order valence-corrected chi connectivity index (χ0v) is 15.6. The molecule has 0 fully saturated rings. The van der Waals surface area contributed by atoms with Gasteiger partial charge >= 0.3 is 5.69 Å². The number of hydrogen-bond acceptors (Lipinski definition) is 3. The average Bonchev–Trinajstić information content (AvgIpc) is 2.70. The SMILES string of the molecule is Cn1c(CN2Cc3ccccc3C(c3ccccc3)C2)cc(=O)n(C)c1=O. The molecule has 138 valence electrons. The maximum Gasteiger partial charge on any atom is 0.330 e. The molecule has 0 radical (unpaired) electrons. The van der Waals surface area contributed by atoms with Gasteiger partial charge in [-0.1, -0.05) is 54.6 Å². The van der Waals surface area contributed by atoms with Gasteiger partial charge in [-0.05, 0) is 16.7 Å². The van der Waals surface area contributed by atoms with Crippen LogP contribution >= 0.6 is 0 Å². The predicted octanol–water partition coefficient (Wildman–Crippen LogP) is 2.23. The summed E-state index contributed by atoms with van der Waals surface area (Å²) in [7, 11) is 3.24. The van der Waals surface area contributed by atoms with Gasteiger partial charge in [-0.3, -0.25) is 18.8 Å². The second-order valence-electron chi connectivity index (χ2n) is 7.21. The van der Waals surface area contributed by atoms with E-state index in [4.69, 9.17) is 0 Å². The Bertz CT molecular complexity index is 1080. The monoisotopic (exact) mass is 361 g/mol. The molecule has 0 saturated carbocycles. The molecular formula is C22H23N3O2. The third-order valence-corrected chi connectivity index (χ3v) is 5.48. The van der Waals surface area contributed by atoms with Crippen molar-refractivity contribution in [1.82, 2.24) is 14.0 Å². The maximum absolute atomic E-state index is 12.2. The highest BCUT2D eigenvalue weighted by Gasteiger charge is 2.26. The molecule has 5 heteroatoms. The van der Waals surface area contributed by atoms with Gasteiger partial charge in [0.05, 0.1) is 0 Å². The lowest BCUT2D eigenvalue weighted by atomic mass is 9.84. The summed E-state index contributed by atoms with van der Waals surface area (Å²) in [5.74, 6) is 0.278. The van der Waals surface area contributed by atoms with Gasteiger partial charge in [0.25, 0.3) is 5.56 Å². The molecule has 1 unspecified atom stereocenters. The molecule has 1 aliphatic heterocycles. The van der Waals surface area contributed by atoms with Crippen molar-refractivity contribution in [2.75, 3.05) is 6.54 Å². The fraction of sp³-hybridized carbons (Fsp3) is 0.273. The van der Waals surface area contributed by atoms with E-state index in [9.17, 15) is 9.59 Å². The summed E-state index contributed by atoms with van der Waals surface area (Å²) in [5.41, 5.74) is 4.14. The molecule has 2 aromatic carbocycles. The molecular weight excluding hydrogens is 338 g/mol. The molecule has 4 rings (SSSR count). The van der Waals surface area contributed by atoms with Crippen molar-refractivity contribution >= 4 is 0 Å². The number of nitrogens with zero attached hydrogens (tertiary/aromatic N) is 3. The summed E-state index contributed by atoms with van der Waals surface area (Å²) in [6.45, 7) is 2.23. The lowest BCUT2D eigenvalue weighted by Gasteiger charge is -2.35. The molecule has 5 nitrogen and oxygen atoms in total. The molecule has 0 saturated heterocycles. The molecule has 1 aliphatic rings. The maximum atomic E-state index is 12.2. The van der Waals surface area contributed by atoms with E-state index in [0.29, 0.717) is 6.54 Å². The van der Waals surface area contributed by atoms with Crippen LogP contribution in [0.5, 0.6) is 0 Å². The molecule has 0 aliphatic carbocycles. The Labute approximate surface area is 158 Å². The summed E-state index contributed by atoms with van der Waals surface area (Å²) in [5, 5.41) is 0. The van der Waals surface area contributed by atoms with Crippen LogP contribution in [0.1, 0.15) is 28.3 Å². The minimum atomic E-state index is -0.283. The van der Waals surface area contributed by atoms with Gasteiger partial charge in [0, 0.05) is 51.4 Å². The van der Waals surface area contributed by atoms with Gasteiger partial charge in [0.15, 0.2) is 0 Å². The van der Waals surface area contributed by atoms with Crippen molar-refractivity contribution in [3.63, 3.8) is 0 Å². The number of benzene rings is 2. The Kier molecular flexibility index (Phi) is 4.54. The van der Waals surface area contributed by atoms with Crippen LogP contribution in [0.3, 0.4) is 0 Å². The van der Waals surface area contributed by atoms with Crippen molar-refractivity contribution in [1.29, 1.82) is 0 Å². The molecule has 0 spiro atoms. The van der Waals surface area contributed by atoms with Crippen LogP contribution in [0.4, 0.5) is 0 Å². The van der Waals surface area contributed by atoms with Gasteiger partial charge in [0.2, 0.25) is 0 Å². The van der Waals surface area contributed by atoms with Crippen LogP contribution in [0.25, 0.3) is 0 Å². The second-order valence-corrected chi connectivity index (χ2v) is 7.21. The Morgan fingerprint density at radius 1 is 0.926 bits per heavy atom. The first kappa shape index (κ1) is 17.5. The van der Waals surface area contributed by atoms with Crippen LogP contribution < -0.4 is 11.2 Å². The van der Waals surface area contributed by atoms with Crippen molar-refractivity contribution in [3.8, 4) is 0 Å². The van der Waals surface area contributed by atoms with E-state index in [1.165, 1.54) is 23.7 Å². The molecule has 27 heavy (non-hydrogen) atoms. The van der Waals surface area contributed by atoms with Crippen molar-refractivity contribution in [3.05, 3.63) is 104 Å². The number of fused-ring (bicyclic) bond motifs is 1. The first-order valence-corrected chi connectivity index (χ1v) is 9.15. The average molecular weight is 361 g/mol. The lowest BCUT2D eigenvalue weighted by molar-refractivity contribution is 0.225. The Hall–Kier alpha value is -2.92. The van der Waals surface area contributed by atoms with Crippen molar-refractivity contribution < 1.29 is 0 Å². The van der Waals surface area contributed by atoms with E-state index in [-0.39, 0.29) is 17.2 Å². The normalized spacial score (nSPS) is 16.9. The zero-order valence-electron chi connectivity index (χ0n) is 15.6. The van der Waals surface area contributed by atoms with E-state index < -0.39 is 0 Å². The zero-order chi connectivity index (χ0) is 19.0. The fourth-order valence-corrected chi connectivity index (χ4v) is 3.93. The molecule has 0 amide bonds. The summed E-state index contributed by atoms with van der Waals surface area (Å²) in [6.07, 6.45) is 0. The third-order valence-electron chi connectivity index (χ3n) is 5.48. The number of rotatable bonds is 3. The van der Waals surface area contributed by atoms with E-state index in [1.807, 2.05) is 6.07 Å². The van der Waals surface area contributed by atoms with Gasteiger partial charge in [-0.15, -0.1) is 0 Å². The Balaban J connectivity index is 1.70. The first-order chi connectivity index (χ1) is 13.0. The number of aromatic nitrogens is 2. The highest BCUT2D eigenvalue weighted by Crippen LogP contribution is 2.33. The van der Waals surface area contributed by atoms with Gasteiger partial charge in [-0.25, -0.2) is 4.79 Å². The van der Waals surface area contributed by atoms with E-state index in [0.717, 1.165) is 23.4 Å². The smallest absolute Gasteiger partial charge is 0.299 e. The summed E-state index contributed by atoms with van der Waals surface area (Å²) in [4.78, 5) is 26.6. The van der Waals surface area contributed by atoms with Gasteiger partial charge < -0.3 is 0 Å². The Morgan fingerprint density at radius 3 is 2.41 bits per heavy atom. The minimum Gasteiger partial charge on any atom is -0.299 e. The summed E-state index contributed by atoms with van der Waals surface area (Å²) in [6, 6.07) is 20.6. The van der Waals surface area contributed by atoms with Gasteiger partial charge in [0.1, 0.15) is 0 Å². The van der Waals surface area contributed by atoms with Crippen molar-refractivity contribution in [2.24, 2.45) is 14.1 Å². The molecule has 2 heterocycles. The van der Waals surface area contributed by atoms with Crippen molar-refractivity contribution in [2.45, 2.75) is 19.0 Å². The lowest BCUT2D eigenvalue weighted by Crippen LogP contribution is -2.40. The predicted molar refractivity (Wildman–Crippen MR) is 106 cm³/mol.